The predicted molar refractivity (Wildman–Crippen MR) is 54.3 cm³/mol. The van der Waals surface area contributed by atoms with E-state index in [2.05, 4.69) is 6.58 Å². The molecule has 14 heavy (non-hydrogen) atoms. The maximum atomic E-state index is 11.5. The van der Waals surface area contributed by atoms with Crippen molar-refractivity contribution < 1.29 is 9.59 Å². The third kappa shape index (κ3) is 1.12. The fourth-order valence-corrected chi connectivity index (χ4v) is 1.55. The molecule has 0 saturated heterocycles. The van der Waals surface area contributed by atoms with E-state index in [1.54, 1.807) is 24.3 Å². The molecule has 2 nitrogen and oxygen atoms in total. The Morgan fingerprint density at radius 3 is 2.50 bits per heavy atom. The average Bonchev–Trinajstić information content (AvgIpc) is 2.23. The first kappa shape index (κ1) is 8.63. The van der Waals surface area contributed by atoms with Gasteiger partial charge in [-0.05, 0) is 17.7 Å². The first-order valence-electron chi connectivity index (χ1n) is 4.26. The van der Waals surface area contributed by atoms with E-state index in [0.717, 1.165) is 0 Å². The van der Waals surface area contributed by atoms with Gasteiger partial charge in [0.05, 0.1) is 0 Å². The van der Waals surface area contributed by atoms with Gasteiger partial charge in [0.1, 0.15) is 0 Å². The summed E-state index contributed by atoms with van der Waals surface area (Å²) < 4.78 is 0. The number of carbonyl (C=O) groups is 2. The lowest BCUT2D eigenvalue weighted by atomic mass is 9.91. The van der Waals surface area contributed by atoms with Gasteiger partial charge in [0.25, 0.3) is 0 Å². The van der Waals surface area contributed by atoms with E-state index in [9.17, 15) is 9.59 Å². The summed E-state index contributed by atoms with van der Waals surface area (Å²) in [5.74, 6) is -0.251. The van der Waals surface area contributed by atoms with Crippen molar-refractivity contribution in [2.45, 2.75) is 0 Å². The maximum Gasteiger partial charge on any atom is 0.187 e. The van der Waals surface area contributed by atoms with Gasteiger partial charge in [0, 0.05) is 11.1 Å². The minimum Gasteiger partial charge on any atom is -0.289 e. The van der Waals surface area contributed by atoms with Gasteiger partial charge in [-0.15, -0.1) is 0 Å². The van der Waals surface area contributed by atoms with E-state index in [4.69, 9.17) is 0 Å². The van der Waals surface area contributed by atoms with Crippen molar-refractivity contribution in [2.75, 3.05) is 0 Å². The van der Waals surface area contributed by atoms with Crippen LogP contribution in [0.5, 0.6) is 0 Å². The summed E-state index contributed by atoms with van der Waals surface area (Å²) in [4.78, 5) is 22.9. The Bertz CT molecular complexity index is 467. The monoisotopic (exact) mass is 184 g/mol. The van der Waals surface area contributed by atoms with Crippen molar-refractivity contribution in [1.82, 2.24) is 0 Å². The van der Waals surface area contributed by atoms with Gasteiger partial charge in [-0.3, -0.25) is 9.59 Å². The predicted octanol–water partition coefficient (Wildman–Crippen LogP) is 2.26. The summed E-state index contributed by atoms with van der Waals surface area (Å²) in [7, 11) is 0. The number of fused-ring (bicyclic) bond motifs is 1. The quantitative estimate of drug-likeness (QED) is 0.670. The van der Waals surface area contributed by atoms with Crippen molar-refractivity contribution in [3.8, 4) is 0 Å². The number of allylic oxidation sites excluding steroid dienone is 2. The normalized spacial score (nSPS) is 14.0. The fourth-order valence-electron chi connectivity index (χ4n) is 1.55. The number of benzene rings is 1. The molecule has 0 spiro atoms. The standard InChI is InChI=1S/C12H8O2/c1-2-8-4-3-5-9-10(13)6-7-11(14)12(8)9/h2-7H,1H2. The first-order chi connectivity index (χ1) is 6.74. The average molecular weight is 184 g/mol. The summed E-state index contributed by atoms with van der Waals surface area (Å²) in [5, 5.41) is 0. The highest BCUT2D eigenvalue weighted by Gasteiger charge is 2.20. The van der Waals surface area contributed by atoms with Crippen LogP contribution >= 0.6 is 0 Å². The zero-order chi connectivity index (χ0) is 10.1. The molecular formula is C12H8O2. The van der Waals surface area contributed by atoms with Gasteiger partial charge >= 0.3 is 0 Å². The summed E-state index contributed by atoms with van der Waals surface area (Å²) in [5.41, 5.74) is 1.65. The Labute approximate surface area is 81.6 Å². The fraction of sp³-hybridized carbons (Fsp3) is 0. The molecule has 0 saturated carbocycles. The molecule has 2 rings (SSSR count). The molecule has 0 aliphatic heterocycles. The lowest BCUT2D eigenvalue weighted by Gasteiger charge is -2.10. The summed E-state index contributed by atoms with van der Waals surface area (Å²) >= 11 is 0. The molecule has 2 heteroatoms. The van der Waals surface area contributed by atoms with Crippen molar-refractivity contribution in [3.63, 3.8) is 0 Å². The van der Waals surface area contributed by atoms with Crippen LogP contribution in [0.1, 0.15) is 26.3 Å². The largest absolute Gasteiger partial charge is 0.289 e. The van der Waals surface area contributed by atoms with Crippen LogP contribution in [0.3, 0.4) is 0 Å². The molecule has 0 bridgehead atoms. The lowest BCUT2D eigenvalue weighted by molar-refractivity contribution is 0.0994. The van der Waals surface area contributed by atoms with Gasteiger partial charge in [-0.1, -0.05) is 30.9 Å². The zero-order valence-electron chi connectivity index (χ0n) is 7.49. The van der Waals surface area contributed by atoms with Crippen LogP contribution in [-0.4, -0.2) is 11.6 Å². The summed E-state index contributed by atoms with van der Waals surface area (Å²) in [6, 6.07) is 5.18. The van der Waals surface area contributed by atoms with Crippen molar-refractivity contribution >= 4 is 17.6 Å². The highest BCUT2D eigenvalue weighted by atomic mass is 16.1. The molecule has 0 aromatic heterocycles. The number of rotatable bonds is 1. The number of ketones is 2. The van der Waals surface area contributed by atoms with Crippen LogP contribution < -0.4 is 0 Å². The van der Waals surface area contributed by atoms with Gasteiger partial charge < -0.3 is 0 Å². The molecule has 0 radical (unpaired) electrons. The summed E-state index contributed by atoms with van der Waals surface area (Å²) in [6.45, 7) is 3.61. The number of hydrogen-bond donors (Lipinski definition) is 0. The number of hydrogen-bond acceptors (Lipinski definition) is 2. The molecule has 0 atom stereocenters. The second kappa shape index (κ2) is 3.07. The molecule has 1 aromatic carbocycles. The minimum absolute atomic E-state index is 0.122. The Kier molecular flexibility index (Phi) is 1.89. The molecule has 68 valence electrons. The third-order valence-corrected chi connectivity index (χ3v) is 2.21. The molecule has 0 amide bonds. The zero-order valence-corrected chi connectivity index (χ0v) is 7.49. The van der Waals surface area contributed by atoms with Crippen LogP contribution in [-0.2, 0) is 0 Å². The van der Waals surface area contributed by atoms with Crippen LogP contribution in [0.25, 0.3) is 6.08 Å². The van der Waals surface area contributed by atoms with Gasteiger partial charge in [0.2, 0.25) is 0 Å². The molecule has 0 N–H and O–H groups in total. The van der Waals surface area contributed by atoms with E-state index in [-0.39, 0.29) is 11.6 Å². The van der Waals surface area contributed by atoms with Crippen molar-refractivity contribution in [3.05, 3.63) is 53.6 Å². The Hall–Kier alpha value is -1.96. The van der Waals surface area contributed by atoms with Crippen LogP contribution in [0, 0.1) is 0 Å². The van der Waals surface area contributed by atoms with E-state index in [1.165, 1.54) is 12.2 Å². The van der Waals surface area contributed by atoms with Crippen LogP contribution in [0.15, 0.2) is 36.9 Å². The van der Waals surface area contributed by atoms with Gasteiger partial charge in [0.15, 0.2) is 11.6 Å². The second-order valence-electron chi connectivity index (χ2n) is 3.04. The molecule has 1 aliphatic rings. The lowest BCUT2D eigenvalue weighted by Crippen LogP contribution is -2.12. The summed E-state index contributed by atoms with van der Waals surface area (Å²) in [6.07, 6.45) is 4.19. The first-order valence-corrected chi connectivity index (χ1v) is 4.26. The van der Waals surface area contributed by atoms with Crippen LogP contribution in [0.4, 0.5) is 0 Å². The minimum atomic E-state index is -0.130. The molecule has 0 unspecified atom stereocenters. The van der Waals surface area contributed by atoms with E-state index < -0.39 is 0 Å². The van der Waals surface area contributed by atoms with Crippen molar-refractivity contribution in [1.29, 1.82) is 0 Å². The van der Waals surface area contributed by atoms with Crippen LogP contribution in [0.2, 0.25) is 0 Å². The Morgan fingerprint density at radius 2 is 1.79 bits per heavy atom. The molecule has 0 heterocycles. The van der Waals surface area contributed by atoms with Gasteiger partial charge in [-0.25, -0.2) is 0 Å². The second-order valence-corrected chi connectivity index (χ2v) is 3.04. The molecule has 1 aromatic rings. The highest BCUT2D eigenvalue weighted by Crippen LogP contribution is 2.21. The Balaban J connectivity index is 2.77. The van der Waals surface area contributed by atoms with E-state index >= 15 is 0 Å². The molecule has 1 aliphatic carbocycles. The highest BCUT2D eigenvalue weighted by molar-refractivity contribution is 6.23. The maximum absolute atomic E-state index is 11.5. The molecule has 0 fully saturated rings. The number of carbonyl (C=O) groups excluding carboxylic acids is 2. The Morgan fingerprint density at radius 1 is 1.07 bits per heavy atom. The SMILES string of the molecule is C=Cc1cccc2c1C(=O)C=CC2=O. The van der Waals surface area contributed by atoms with Crippen molar-refractivity contribution in [2.24, 2.45) is 0 Å². The topological polar surface area (TPSA) is 34.1 Å². The van der Waals surface area contributed by atoms with Gasteiger partial charge in [-0.2, -0.15) is 0 Å². The van der Waals surface area contributed by atoms with E-state index in [0.29, 0.717) is 16.7 Å². The molecular weight excluding hydrogens is 176 g/mol. The van der Waals surface area contributed by atoms with E-state index in [1.807, 2.05) is 0 Å². The smallest absolute Gasteiger partial charge is 0.187 e. The third-order valence-electron chi connectivity index (χ3n) is 2.21.